The summed E-state index contributed by atoms with van der Waals surface area (Å²) in [4.78, 5) is 16.8. The molecule has 6 nitrogen and oxygen atoms in total. The number of amides is 1. The molecule has 2 unspecified atom stereocenters. The summed E-state index contributed by atoms with van der Waals surface area (Å²) >= 11 is 0. The molecule has 0 aliphatic carbocycles. The van der Waals surface area contributed by atoms with Crippen LogP contribution in [0.5, 0.6) is 5.75 Å². The molecule has 1 aromatic heterocycles. The van der Waals surface area contributed by atoms with Gasteiger partial charge in [0.15, 0.2) is 0 Å². The molecule has 3 heterocycles. The fourth-order valence-electron chi connectivity index (χ4n) is 4.33. The zero-order chi connectivity index (χ0) is 17.2. The molecular formula is C19H24N4O2. The Hall–Kier alpha value is -2.37. The Morgan fingerprint density at radius 3 is 2.32 bits per heavy atom. The number of hydrogen-bond acceptors (Lipinski definition) is 4. The number of carbonyl (C=O) groups excluding carboxylic acids is 1. The first kappa shape index (κ1) is 16.1. The minimum atomic E-state index is 0.287. The van der Waals surface area contributed by atoms with Gasteiger partial charge in [-0.25, -0.2) is 0 Å². The van der Waals surface area contributed by atoms with Crippen LogP contribution >= 0.6 is 0 Å². The average molecular weight is 340 g/mol. The van der Waals surface area contributed by atoms with Crippen LogP contribution in [0.4, 0.5) is 0 Å². The van der Waals surface area contributed by atoms with Gasteiger partial charge in [-0.1, -0.05) is 12.1 Å². The molecule has 0 saturated carbocycles. The Labute approximate surface area is 147 Å². The molecule has 0 spiro atoms. The standard InChI is InChI=1S/C19H24N4O2/c1-25-18-7-2-14(3-8-18)4-9-19(24)22-15-5-6-16(22)13-17(12-15)23-20-10-11-21-23/h2-3,7-8,10-11,15-17H,4-6,9,12-13H2,1H3. The molecular weight excluding hydrogens is 316 g/mol. The quantitative estimate of drug-likeness (QED) is 0.839. The van der Waals surface area contributed by atoms with E-state index in [0.29, 0.717) is 24.5 Å². The Bertz CT molecular complexity index is 700. The maximum absolute atomic E-state index is 12.8. The lowest BCUT2D eigenvalue weighted by atomic mass is 9.97. The van der Waals surface area contributed by atoms with Crippen LogP contribution in [0, 0.1) is 0 Å². The van der Waals surface area contributed by atoms with Crippen molar-refractivity contribution in [3.05, 3.63) is 42.2 Å². The largest absolute Gasteiger partial charge is 0.497 e. The number of carbonyl (C=O) groups is 1. The predicted molar refractivity (Wildman–Crippen MR) is 93.3 cm³/mol. The zero-order valence-corrected chi connectivity index (χ0v) is 14.5. The van der Waals surface area contributed by atoms with Gasteiger partial charge in [-0.3, -0.25) is 4.79 Å². The fraction of sp³-hybridized carbons (Fsp3) is 0.526. The topological polar surface area (TPSA) is 60.2 Å². The summed E-state index contributed by atoms with van der Waals surface area (Å²) in [7, 11) is 1.66. The fourth-order valence-corrected chi connectivity index (χ4v) is 4.33. The number of rotatable bonds is 5. The number of hydrogen-bond donors (Lipinski definition) is 0. The number of nitrogens with zero attached hydrogens (tertiary/aromatic N) is 4. The van der Waals surface area contributed by atoms with Gasteiger partial charge in [-0.2, -0.15) is 15.0 Å². The van der Waals surface area contributed by atoms with Crippen LogP contribution in [-0.2, 0) is 11.2 Å². The highest BCUT2D eigenvalue weighted by Gasteiger charge is 2.43. The van der Waals surface area contributed by atoms with Crippen molar-refractivity contribution in [3.8, 4) is 5.75 Å². The Morgan fingerprint density at radius 2 is 1.72 bits per heavy atom. The van der Waals surface area contributed by atoms with E-state index in [2.05, 4.69) is 15.1 Å². The van der Waals surface area contributed by atoms with Gasteiger partial charge in [0.05, 0.1) is 25.5 Å². The summed E-state index contributed by atoms with van der Waals surface area (Å²) in [6.07, 6.45) is 8.97. The van der Waals surface area contributed by atoms with Crippen molar-refractivity contribution < 1.29 is 9.53 Å². The molecule has 4 rings (SSSR count). The highest BCUT2D eigenvalue weighted by molar-refractivity contribution is 5.77. The number of methoxy groups -OCH3 is 1. The summed E-state index contributed by atoms with van der Waals surface area (Å²) < 4.78 is 5.18. The van der Waals surface area contributed by atoms with Crippen LogP contribution in [0.1, 0.15) is 43.7 Å². The second-order valence-electron chi connectivity index (χ2n) is 7.01. The smallest absolute Gasteiger partial charge is 0.223 e. The third kappa shape index (κ3) is 3.25. The predicted octanol–water partition coefficient (Wildman–Crippen LogP) is 2.61. The second-order valence-corrected chi connectivity index (χ2v) is 7.01. The molecule has 0 radical (unpaired) electrons. The number of aromatic nitrogens is 3. The van der Waals surface area contributed by atoms with Gasteiger partial charge in [0.1, 0.15) is 5.75 Å². The third-order valence-electron chi connectivity index (χ3n) is 5.55. The molecule has 2 saturated heterocycles. The first-order valence-electron chi connectivity index (χ1n) is 9.04. The van der Waals surface area contributed by atoms with Gasteiger partial charge >= 0.3 is 0 Å². The van der Waals surface area contributed by atoms with E-state index in [9.17, 15) is 4.79 Å². The molecule has 25 heavy (non-hydrogen) atoms. The number of fused-ring (bicyclic) bond motifs is 2. The normalized spacial score (nSPS) is 25.2. The SMILES string of the molecule is COc1ccc(CCC(=O)N2C3CCC2CC(n2nccn2)C3)cc1. The molecule has 2 atom stereocenters. The molecule has 2 bridgehead atoms. The second kappa shape index (κ2) is 6.86. The Kier molecular flexibility index (Phi) is 4.42. The summed E-state index contributed by atoms with van der Waals surface area (Å²) in [6, 6.07) is 9.00. The average Bonchev–Trinajstić information content (AvgIpc) is 3.27. The minimum Gasteiger partial charge on any atom is -0.497 e. The maximum atomic E-state index is 12.8. The first-order chi connectivity index (χ1) is 12.2. The van der Waals surface area contributed by atoms with Gasteiger partial charge in [-0.15, -0.1) is 0 Å². The molecule has 2 fully saturated rings. The van der Waals surface area contributed by atoms with Crippen molar-refractivity contribution in [1.29, 1.82) is 0 Å². The van der Waals surface area contributed by atoms with Crippen molar-refractivity contribution >= 4 is 5.91 Å². The molecule has 6 heteroatoms. The van der Waals surface area contributed by atoms with E-state index in [0.717, 1.165) is 37.9 Å². The van der Waals surface area contributed by atoms with Crippen molar-refractivity contribution in [2.24, 2.45) is 0 Å². The van der Waals surface area contributed by atoms with Gasteiger partial charge < -0.3 is 9.64 Å². The van der Waals surface area contributed by atoms with Crippen molar-refractivity contribution in [3.63, 3.8) is 0 Å². The highest BCUT2D eigenvalue weighted by atomic mass is 16.5. The number of ether oxygens (including phenoxy) is 1. The van der Waals surface area contributed by atoms with Gasteiger partial charge in [0.25, 0.3) is 0 Å². The number of piperidine rings is 1. The van der Waals surface area contributed by atoms with E-state index < -0.39 is 0 Å². The van der Waals surface area contributed by atoms with Crippen LogP contribution in [-0.4, -0.2) is 45.0 Å². The van der Waals surface area contributed by atoms with Gasteiger partial charge in [-0.05, 0) is 49.8 Å². The van der Waals surface area contributed by atoms with E-state index in [1.807, 2.05) is 29.1 Å². The minimum absolute atomic E-state index is 0.287. The third-order valence-corrected chi connectivity index (χ3v) is 5.55. The first-order valence-corrected chi connectivity index (χ1v) is 9.04. The van der Waals surface area contributed by atoms with E-state index in [-0.39, 0.29) is 5.91 Å². The summed E-state index contributed by atoms with van der Waals surface area (Å²) in [5, 5.41) is 8.58. The number of aryl methyl sites for hydroxylation is 1. The molecule has 2 aromatic rings. The van der Waals surface area contributed by atoms with Crippen molar-refractivity contribution in [2.75, 3.05) is 7.11 Å². The van der Waals surface area contributed by atoms with E-state index in [4.69, 9.17) is 4.74 Å². The zero-order valence-electron chi connectivity index (χ0n) is 14.5. The van der Waals surface area contributed by atoms with Crippen LogP contribution < -0.4 is 4.74 Å². The van der Waals surface area contributed by atoms with E-state index >= 15 is 0 Å². The van der Waals surface area contributed by atoms with Gasteiger partial charge in [0.2, 0.25) is 5.91 Å². The van der Waals surface area contributed by atoms with E-state index in [1.54, 1.807) is 19.5 Å². The number of benzene rings is 1. The highest BCUT2D eigenvalue weighted by Crippen LogP contribution is 2.40. The molecule has 1 amide bonds. The maximum Gasteiger partial charge on any atom is 0.223 e. The van der Waals surface area contributed by atoms with Gasteiger partial charge in [0, 0.05) is 18.5 Å². The Balaban J connectivity index is 1.36. The van der Waals surface area contributed by atoms with Crippen LogP contribution in [0.3, 0.4) is 0 Å². The lowest BCUT2D eigenvalue weighted by Crippen LogP contribution is -2.47. The lowest BCUT2D eigenvalue weighted by Gasteiger charge is -2.38. The monoisotopic (exact) mass is 340 g/mol. The van der Waals surface area contributed by atoms with Crippen LogP contribution in [0.15, 0.2) is 36.7 Å². The van der Waals surface area contributed by atoms with Crippen molar-refractivity contribution in [1.82, 2.24) is 19.9 Å². The summed E-state index contributed by atoms with van der Waals surface area (Å²) in [6.45, 7) is 0. The summed E-state index contributed by atoms with van der Waals surface area (Å²) in [5.74, 6) is 1.14. The van der Waals surface area contributed by atoms with Crippen LogP contribution in [0.2, 0.25) is 0 Å². The lowest BCUT2D eigenvalue weighted by molar-refractivity contribution is -0.136. The Morgan fingerprint density at radius 1 is 1.08 bits per heavy atom. The summed E-state index contributed by atoms with van der Waals surface area (Å²) in [5.41, 5.74) is 1.18. The molecule has 0 N–H and O–H groups in total. The molecule has 2 aliphatic heterocycles. The van der Waals surface area contributed by atoms with E-state index in [1.165, 1.54) is 5.56 Å². The molecule has 2 aliphatic rings. The van der Waals surface area contributed by atoms with Crippen molar-refractivity contribution in [2.45, 2.75) is 56.7 Å². The molecule has 1 aromatic carbocycles. The van der Waals surface area contributed by atoms with Crippen LogP contribution in [0.25, 0.3) is 0 Å². The molecule has 132 valence electrons.